The molecule has 1 aliphatic heterocycles. The molecule has 1 saturated heterocycles. The number of aliphatic hydroxyl groups is 1. The summed E-state index contributed by atoms with van der Waals surface area (Å²) in [5, 5.41) is 18.2. The number of amides is 2. The number of aliphatic imine (C=N–C) groups is 1. The molecule has 2 amide bonds. The molecule has 0 saturated carbocycles. The quantitative estimate of drug-likeness (QED) is 0.179. The molecule has 36 heavy (non-hydrogen) atoms. The molecule has 186 valence electrons. The monoisotopic (exact) mass is 506 g/mol. The first kappa shape index (κ1) is 26.6. The predicted molar refractivity (Wildman–Crippen MR) is 139 cm³/mol. The number of imide groups is 1. The molecule has 0 bridgehead atoms. The number of hydrogen-bond donors (Lipinski definition) is 2. The average molecular weight is 507 g/mol. The largest absolute Gasteiger partial charge is 0.511 e. The molecule has 9 heteroatoms. The summed E-state index contributed by atoms with van der Waals surface area (Å²) in [6.45, 7) is 1.59. The molecular formula is C27H26N2O6S. The molecule has 2 N–H and O–H groups in total. The average Bonchev–Trinajstić information content (AvgIpc) is 3.11. The number of carboxylic acid groups (broad SMARTS) is 1. The zero-order chi connectivity index (χ0) is 26.1. The van der Waals surface area contributed by atoms with Crippen LogP contribution in [0, 0.1) is 0 Å². The van der Waals surface area contributed by atoms with Gasteiger partial charge in [-0.15, -0.1) is 0 Å². The van der Waals surface area contributed by atoms with Gasteiger partial charge in [0.25, 0.3) is 11.1 Å². The van der Waals surface area contributed by atoms with Gasteiger partial charge in [0.1, 0.15) is 5.76 Å². The van der Waals surface area contributed by atoms with Gasteiger partial charge in [-0.2, -0.15) is 0 Å². The Morgan fingerprint density at radius 3 is 2.28 bits per heavy atom. The van der Waals surface area contributed by atoms with Crippen molar-refractivity contribution in [2.75, 3.05) is 6.54 Å². The van der Waals surface area contributed by atoms with Gasteiger partial charge in [0.05, 0.1) is 10.6 Å². The van der Waals surface area contributed by atoms with Crippen LogP contribution in [0.4, 0.5) is 4.79 Å². The molecule has 2 aromatic carbocycles. The van der Waals surface area contributed by atoms with E-state index in [-0.39, 0.29) is 48.7 Å². The lowest BCUT2D eigenvalue weighted by atomic mass is 10.0. The van der Waals surface area contributed by atoms with E-state index in [1.54, 1.807) is 36.6 Å². The van der Waals surface area contributed by atoms with Crippen molar-refractivity contribution in [2.45, 2.75) is 32.6 Å². The lowest BCUT2D eigenvalue weighted by Crippen LogP contribution is -2.29. The molecule has 0 unspecified atom stereocenters. The highest BCUT2D eigenvalue weighted by Crippen LogP contribution is 2.32. The van der Waals surface area contributed by atoms with Gasteiger partial charge in [0.15, 0.2) is 5.78 Å². The summed E-state index contributed by atoms with van der Waals surface area (Å²) >= 11 is 0.805. The van der Waals surface area contributed by atoms with Crippen LogP contribution in [0.25, 0.3) is 6.08 Å². The van der Waals surface area contributed by atoms with Crippen molar-refractivity contribution >= 4 is 47.0 Å². The van der Waals surface area contributed by atoms with E-state index in [0.29, 0.717) is 16.8 Å². The van der Waals surface area contributed by atoms with Crippen molar-refractivity contribution in [1.29, 1.82) is 0 Å². The zero-order valence-electron chi connectivity index (χ0n) is 19.7. The highest BCUT2D eigenvalue weighted by molar-refractivity contribution is 8.18. The third-order valence-electron chi connectivity index (χ3n) is 5.35. The number of benzene rings is 2. The van der Waals surface area contributed by atoms with E-state index < -0.39 is 17.1 Å². The fraction of sp³-hybridized carbons (Fsp3) is 0.222. The number of rotatable bonds is 11. The summed E-state index contributed by atoms with van der Waals surface area (Å²) < 4.78 is 0. The van der Waals surface area contributed by atoms with Crippen molar-refractivity contribution in [2.24, 2.45) is 4.99 Å². The minimum atomic E-state index is -0.981. The Morgan fingerprint density at radius 2 is 1.64 bits per heavy atom. The standard InChI is InChI=1S/C27H26N2O6S/c1-18(30)22(28-17-20-6-3-2-4-7-20)13-14-23(31)21-11-9-19(10-12-21)16-24-26(34)29(27(35)36-24)15-5-8-25(32)33/h2-4,6-7,9-12,16-17,30H,5,8,13-15H2,1H3,(H,32,33)/b22-18-,24-16-,28-17?. The summed E-state index contributed by atoms with van der Waals surface area (Å²) in [6.07, 6.45) is 3.73. The van der Waals surface area contributed by atoms with E-state index >= 15 is 0 Å². The number of aliphatic hydroxyl groups excluding tert-OH is 1. The van der Waals surface area contributed by atoms with Crippen LogP contribution in [0.3, 0.4) is 0 Å². The van der Waals surface area contributed by atoms with Crippen LogP contribution < -0.4 is 0 Å². The van der Waals surface area contributed by atoms with E-state index in [9.17, 15) is 24.3 Å². The Balaban J connectivity index is 1.59. The smallest absolute Gasteiger partial charge is 0.303 e. The molecule has 1 fully saturated rings. The summed E-state index contributed by atoms with van der Waals surface area (Å²) in [7, 11) is 0. The Labute approximate surface area is 213 Å². The Morgan fingerprint density at radius 1 is 0.944 bits per heavy atom. The SMILES string of the molecule is C/C(O)=C(\CCC(=O)c1ccc(/C=C2\SC(=O)N(CCCC(=O)O)C2=O)cc1)N=Cc1ccccc1. The van der Waals surface area contributed by atoms with Crippen LogP contribution in [-0.4, -0.2) is 50.8 Å². The normalized spacial score (nSPS) is 15.6. The van der Waals surface area contributed by atoms with E-state index in [1.165, 1.54) is 6.92 Å². The predicted octanol–water partition coefficient (Wildman–Crippen LogP) is 5.46. The number of carbonyl (C=O) groups excluding carboxylic acids is 3. The van der Waals surface area contributed by atoms with Crippen LogP contribution in [0.2, 0.25) is 0 Å². The maximum atomic E-state index is 12.7. The number of carboxylic acids is 1. The van der Waals surface area contributed by atoms with Crippen molar-refractivity contribution in [1.82, 2.24) is 4.90 Å². The van der Waals surface area contributed by atoms with E-state index in [1.807, 2.05) is 30.3 Å². The second-order valence-electron chi connectivity index (χ2n) is 8.08. The van der Waals surface area contributed by atoms with Crippen LogP contribution in [0.5, 0.6) is 0 Å². The number of hydrogen-bond acceptors (Lipinski definition) is 7. The summed E-state index contributed by atoms with van der Waals surface area (Å²) in [6, 6.07) is 16.1. The molecule has 0 atom stereocenters. The zero-order valence-corrected chi connectivity index (χ0v) is 20.5. The summed E-state index contributed by atoms with van der Waals surface area (Å²) in [4.78, 5) is 53.6. The first-order valence-corrected chi connectivity index (χ1v) is 12.1. The molecule has 1 heterocycles. The van der Waals surface area contributed by atoms with Gasteiger partial charge in [0.2, 0.25) is 0 Å². The van der Waals surface area contributed by atoms with Gasteiger partial charge in [0, 0.05) is 37.6 Å². The molecule has 0 aliphatic carbocycles. The van der Waals surface area contributed by atoms with Gasteiger partial charge < -0.3 is 10.2 Å². The number of Topliss-reactive ketones (excluding diaryl/α,β-unsaturated/α-hetero) is 1. The fourth-order valence-corrected chi connectivity index (χ4v) is 4.27. The molecule has 1 aliphatic rings. The fourth-order valence-electron chi connectivity index (χ4n) is 3.40. The molecule has 2 aromatic rings. The second kappa shape index (κ2) is 12.6. The van der Waals surface area contributed by atoms with Crippen molar-refractivity contribution in [3.63, 3.8) is 0 Å². The Kier molecular flexibility index (Phi) is 9.35. The molecule has 0 spiro atoms. The Hall–Kier alpha value is -3.98. The van der Waals surface area contributed by atoms with Crippen LogP contribution in [0.1, 0.15) is 54.1 Å². The number of nitrogens with zero attached hydrogens (tertiary/aromatic N) is 2. The number of allylic oxidation sites excluding steroid dienone is 2. The van der Waals surface area contributed by atoms with Crippen molar-refractivity contribution < 1.29 is 29.4 Å². The van der Waals surface area contributed by atoms with Crippen molar-refractivity contribution in [3.05, 3.63) is 87.6 Å². The first-order chi connectivity index (χ1) is 17.2. The van der Waals surface area contributed by atoms with Gasteiger partial charge in [-0.05, 0) is 42.3 Å². The van der Waals surface area contributed by atoms with E-state index in [4.69, 9.17) is 5.11 Å². The van der Waals surface area contributed by atoms with Crippen LogP contribution in [0.15, 0.2) is 76.0 Å². The lowest BCUT2D eigenvalue weighted by molar-refractivity contribution is -0.137. The minimum absolute atomic E-state index is 0.0564. The third kappa shape index (κ3) is 7.51. The van der Waals surface area contributed by atoms with Gasteiger partial charge in [-0.1, -0.05) is 54.6 Å². The number of carbonyl (C=O) groups is 4. The van der Waals surface area contributed by atoms with Gasteiger partial charge in [-0.25, -0.2) is 0 Å². The lowest BCUT2D eigenvalue weighted by Gasteiger charge is -2.10. The maximum Gasteiger partial charge on any atom is 0.303 e. The molecular weight excluding hydrogens is 480 g/mol. The van der Waals surface area contributed by atoms with Crippen molar-refractivity contribution in [3.8, 4) is 0 Å². The third-order valence-corrected chi connectivity index (χ3v) is 6.26. The van der Waals surface area contributed by atoms with E-state index in [0.717, 1.165) is 22.2 Å². The maximum absolute atomic E-state index is 12.7. The van der Waals surface area contributed by atoms with Gasteiger partial charge in [-0.3, -0.25) is 29.1 Å². The summed E-state index contributed by atoms with van der Waals surface area (Å²) in [5.41, 5.74) is 2.46. The second-order valence-corrected chi connectivity index (χ2v) is 9.07. The first-order valence-electron chi connectivity index (χ1n) is 11.3. The van der Waals surface area contributed by atoms with Crippen LogP contribution in [-0.2, 0) is 9.59 Å². The molecule has 8 nitrogen and oxygen atoms in total. The highest BCUT2D eigenvalue weighted by atomic mass is 32.2. The van der Waals surface area contributed by atoms with Crippen LogP contribution >= 0.6 is 11.8 Å². The topological polar surface area (TPSA) is 124 Å². The number of ketones is 1. The minimum Gasteiger partial charge on any atom is -0.511 e. The van der Waals surface area contributed by atoms with E-state index in [2.05, 4.69) is 4.99 Å². The van der Waals surface area contributed by atoms with Gasteiger partial charge >= 0.3 is 5.97 Å². The molecule has 0 aromatic heterocycles. The Bertz CT molecular complexity index is 1230. The summed E-state index contributed by atoms with van der Waals surface area (Å²) in [5.74, 6) is -1.49. The molecule has 0 radical (unpaired) electrons. The number of thioether (sulfide) groups is 1. The highest BCUT2D eigenvalue weighted by Gasteiger charge is 2.34. The number of aliphatic carboxylic acids is 1. The molecule has 3 rings (SSSR count).